The van der Waals surface area contributed by atoms with Crippen molar-refractivity contribution in [3.05, 3.63) is 228 Å². The van der Waals surface area contributed by atoms with Crippen LogP contribution in [0.5, 0.6) is 0 Å². The molecule has 0 aliphatic carbocycles. The Morgan fingerprint density at radius 2 is 1.03 bits per heavy atom. The zero-order chi connectivity index (χ0) is 46.0. The molecule has 11 aromatic rings. The van der Waals surface area contributed by atoms with E-state index in [0.29, 0.717) is 39.2 Å². The van der Waals surface area contributed by atoms with Crippen LogP contribution in [0.4, 0.5) is 24.5 Å². The summed E-state index contributed by atoms with van der Waals surface area (Å²) in [6.45, 7) is 17.8. The highest BCUT2D eigenvalue weighted by molar-refractivity contribution is 6.13. The number of nitrogens with zero attached hydrogens (tertiary/aromatic N) is 5. The van der Waals surface area contributed by atoms with Crippen LogP contribution < -0.4 is 0 Å². The van der Waals surface area contributed by atoms with Gasteiger partial charge in [-0.25, -0.2) is 9.69 Å². The normalized spacial score (nSPS) is 11.5. The van der Waals surface area contributed by atoms with Gasteiger partial charge < -0.3 is 9.13 Å². The van der Waals surface area contributed by atoms with Gasteiger partial charge in [-0.1, -0.05) is 109 Å². The molecule has 0 radical (unpaired) electrons. The fourth-order valence-corrected chi connectivity index (χ4v) is 9.64. The Balaban J connectivity index is 1.20. The Kier molecular flexibility index (Phi) is 9.59. The Bertz CT molecular complexity index is 3950. The van der Waals surface area contributed by atoms with Gasteiger partial charge in [0.2, 0.25) is 0 Å². The molecule has 316 valence electrons. The van der Waals surface area contributed by atoms with E-state index in [0.717, 1.165) is 88.9 Å². The van der Waals surface area contributed by atoms with E-state index in [-0.39, 0.29) is 0 Å². The average molecular weight is 870 g/mol. The number of nitriles is 1. The lowest BCUT2D eigenvalue weighted by Crippen LogP contribution is -2.05. The number of benzene rings is 9. The van der Waals surface area contributed by atoms with Crippen molar-refractivity contribution in [3.8, 4) is 62.0 Å². The van der Waals surface area contributed by atoms with Crippen molar-refractivity contribution in [1.29, 1.82) is 5.26 Å². The molecule has 0 aliphatic rings. The minimum Gasteiger partial charge on any atom is -0.310 e. The van der Waals surface area contributed by atoms with E-state index in [4.69, 9.17) is 13.1 Å². The number of aromatic nitrogens is 2. The zero-order valence-corrected chi connectivity index (χ0v) is 35.8. The van der Waals surface area contributed by atoms with Crippen molar-refractivity contribution in [2.24, 2.45) is 0 Å². The van der Waals surface area contributed by atoms with Crippen LogP contribution in [0.2, 0.25) is 0 Å². The van der Waals surface area contributed by atoms with Crippen LogP contribution in [0, 0.1) is 31.4 Å². The quantitative estimate of drug-likeness (QED) is 0.154. The zero-order valence-electron chi connectivity index (χ0n) is 35.8. The Morgan fingerprint density at radius 1 is 0.478 bits per heavy atom. The highest BCUT2D eigenvalue weighted by Gasteiger charge is 2.31. The topological polar surface area (TPSA) is 42.4 Å². The van der Waals surface area contributed by atoms with Crippen LogP contribution in [0.3, 0.4) is 0 Å². The summed E-state index contributed by atoms with van der Waals surface area (Å²) in [5.41, 5.74) is 13.3. The van der Waals surface area contributed by atoms with Crippen LogP contribution in [-0.2, 0) is 6.18 Å². The third-order valence-electron chi connectivity index (χ3n) is 12.8. The minimum absolute atomic E-state index is 0.408. The number of halogens is 3. The maximum Gasteiger partial charge on any atom is 0.416 e. The molecule has 0 atom stereocenters. The van der Waals surface area contributed by atoms with Gasteiger partial charge in [0.15, 0.2) is 11.4 Å². The molecule has 9 aromatic carbocycles. The van der Waals surface area contributed by atoms with E-state index in [1.165, 1.54) is 12.1 Å². The predicted molar refractivity (Wildman–Crippen MR) is 264 cm³/mol. The van der Waals surface area contributed by atoms with Gasteiger partial charge in [0.05, 0.1) is 58.1 Å². The third kappa shape index (κ3) is 6.78. The molecule has 11 rings (SSSR count). The number of hydrogen-bond acceptors (Lipinski definition) is 1. The molecule has 2 aromatic heterocycles. The number of fused-ring (bicyclic) bond motifs is 6. The van der Waals surface area contributed by atoms with Crippen LogP contribution in [-0.4, -0.2) is 9.13 Å². The molecular weight excluding hydrogens is 836 g/mol. The summed E-state index contributed by atoms with van der Waals surface area (Å²) in [6, 6.07) is 61.9. The third-order valence-corrected chi connectivity index (χ3v) is 12.8. The Labute approximate surface area is 383 Å². The number of aryl methyl sites for hydroxylation is 1. The van der Waals surface area contributed by atoms with E-state index in [2.05, 4.69) is 85.6 Å². The number of rotatable bonds is 6. The van der Waals surface area contributed by atoms with Gasteiger partial charge in [-0.2, -0.15) is 18.4 Å². The van der Waals surface area contributed by atoms with Crippen LogP contribution in [0.1, 0.15) is 16.7 Å². The second-order valence-corrected chi connectivity index (χ2v) is 16.6. The SMILES string of the molecule is [C-]#[N+]c1ccc(-c2ccc3c(c2)c2ccccc2n3-c2ccc(-c3ccc(C(F)(F)F)cc3C)cc2-c2c([N+]#[C-])cccc2-n2c3ccccc3c3cc(-c4ccc(C#N)cc4)ccc32)cc1. The second kappa shape index (κ2) is 15.8. The molecule has 0 aliphatic heterocycles. The molecule has 0 saturated heterocycles. The van der Waals surface area contributed by atoms with Crippen LogP contribution in [0.25, 0.3) is 109 Å². The second-order valence-electron chi connectivity index (χ2n) is 16.6. The molecular formula is C59H34F3N5. The van der Waals surface area contributed by atoms with E-state index in [1.54, 1.807) is 6.92 Å². The highest BCUT2D eigenvalue weighted by atomic mass is 19.4. The molecule has 0 spiro atoms. The lowest BCUT2D eigenvalue weighted by Gasteiger charge is -2.21. The predicted octanol–water partition coefficient (Wildman–Crippen LogP) is 16.8. The first kappa shape index (κ1) is 40.6. The highest BCUT2D eigenvalue weighted by Crippen LogP contribution is 2.47. The molecule has 5 nitrogen and oxygen atoms in total. The smallest absolute Gasteiger partial charge is 0.310 e. The van der Waals surface area contributed by atoms with E-state index in [9.17, 15) is 18.4 Å². The molecule has 0 bridgehead atoms. The molecule has 2 heterocycles. The first-order valence-electron chi connectivity index (χ1n) is 21.5. The van der Waals surface area contributed by atoms with Gasteiger partial charge >= 0.3 is 6.18 Å². The van der Waals surface area contributed by atoms with Gasteiger partial charge in [0.25, 0.3) is 0 Å². The number of hydrogen-bond donors (Lipinski definition) is 0. The fourth-order valence-electron chi connectivity index (χ4n) is 9.64. The maximum absolute atomic E-state index is 14.0. The summed E-state index contributed by atoms with van der Waals surface area (Å²) >= 11 is 0. The largest absolute Gasteiger partial charge is 0.416 e. The van der Waals surface area contributed by atoms with Crippen molar-refractivity contribution in [2.45, 2.75) is 13.1 Å². The van der Waals surface area contributed by atoms with Gasteiger partial charge in [0.1, 0.15) is 0 Å². The summed E-state index contributed by atoms with van der Waals surface area (Å²) in [7, 11) is 0. The monoisotopic (exact) mass is 869 g/mol. The Hall–Kier alpha value is -9.16. The van der Waals surface area contributed by atoms with Gasteiger partial charge in [-0.3, -0.25) is 0 Å². The van der Waals surface area contributed by atoms with E-state index >= 15 is 0 Å². The summed E-state index contributed by atoms with van der Waals surface area (Å²) in [4.78, 5) is 7.74. The summed E-state index contributed by atoms with van der Waals surface area (Å²) in [6.07, 6.45) is -4.50. The maximum atomic E-state index is 14.0. The molecule has 8 heteroatoms. The molecule has 0 saturated carbocycles. The van der Waals surface area contributed by atoms with Gasteiger partial charge in [-0.05, 0) is 130 Å². The van der Waals surface area contributed by atoms with E-state index < -0.39 is 11.7 Å². The van der Waals surface area contributed by atoms with Crippen LogP contribution in [0.15, 0.2) is 188 Å². The molecule has 67 heavy (non-hydrogen) atoms. The first-order valence-corrected chi connectivity index (χ1v) is 21.5. The lowest BCUT2D eigenvalue weighted by molar-refractivity contribution is -0.137. The van der Waals surface area contributed by atoms with Crippen molar-refractivity contribution in [1.82, 2.24) is 9.13 Å². The lowest BCUT2D eigenvalue weighted by atomic mass is 9.92. The minimum atomic E-state index is -4.50. The molecule has 0 unspecified atom stereocenters. The molecule has 0 amide bonds. The van der Waals surface area contributed by atoms with Crippen molar-refractivity contribution < 1.29 is 13.2 Å². The van der Waals surface area contributed by atoms with Gasteiger partial charge in [0, 0.05) is 32.8 Å². The first-order chi connectivity index (χ1) is 32.6. The number of alkyl halides is 3. The van der Waals surface area contributed by atoms with E-state index in [1.807, 2.05) is 109 Å². The number of para-hydroxylation sites is 2. The summed E-state index contributed by atoms with van der Waals surface area (Å²) < 4.78 is 46.3. The van der Waals surface area contributed by atoms with Crippen LogP contribution >= 0.6 is 0 Å². The van der Waals surface area contributed by atoms with Crippen molar-refractivity contribution >= 4 is 55.0 Å². The molecule has 0 fully saturated rings. The van der Waals surface area contributed by atoms with Crippen molar-refractivity contribution in [2.75, 3.05) is 0 Å². The fraction of sp³-hybridized carbons (Fsp3) is 0.0339. The standard InChI is InChI=1S/C59H34F3N5/c1-36-31-43(59(60,61)62)24-27-45(36)42-23-30-56(66-52-12-6-4-9-46(52)48-33-41(21-28-54(48)66)39-19-25-44(64-2)26-20-39)50(34-42)58-51(65-3)11-8-14-57(58)67-53-13-7-5-10-47(53)49-32-40(22-29-55(49)67)38-17-15-37(35-63)16-18-38/h4-34H,1H3. The van der Waals surface area contributed by atoms with Gasteiger partial charge in [-0.15, -0.1) is 0 Å². The summed E-state index contributed by atoms with van der Waals surface area (Å²) in [5.74, 6) is 0. The average Bonchev–Trinajstić information content (AvgIpc) is 3.87. The summed E-state index contributed by atoms with van der Waals surface area (Å²) in [5, 5.41) is 13.5. The Morgan fingerprint density at radius 3 is 1.60 bits per heavy atom. The van der Waals surface area contributed by atoms with Crippen molar-refractivity contribution in [3.63, 3.8) is 0 Å². The molecule has 0 N–H and O–H groups in total.